The van der Waals surface area contributed by atoms with Gasteiger partial charge in [0.05, 0.1) is 11.1 Å². The van der Waals surface area contributed by atoms with Gasteiger partial charge in [-0.15, -0.1) is 11.8 Å². The van der Waals surface area contributed by atoms with Gasteiger partial charge in [-0.25, -0.2) is 0 Å². The highest BCUT2D eigenvalue weighted by molar-refractivity contribution is 7.99. The number of piperidine rings is 1. The molecule has 1 fully saturated rings. The van der Waals surface area contributed by atoms with E-state index in [0.717, 1.165) is 66.9 Å². The van der Waals surface area contributed by atoms with Gasteiger partial charge in [0.15, 0.2) is 0 Å². The van der Waals surface area contributed by atoms with Crippen LogP contribution in [-0.4, -0.2) is 51.4 Å². The van der Waals surface area contributed by atoms with Crippen LogP contribution < -0.4 is 5.32 Å². The predicted molar refractivity (Wildman–Crippen MR) is 128 cm³/mol. The molecule has 0 radical (unpaired) electrons. The highest BCUT2D eigenvalue weighted by Gasteiger charge is 2.45. The molecule has 1 aromatic rings. The number of imide groups is 2. The number of hydrogen-bond acceptors (Lipinski definition) is 6. The first-order chi connectivity index (χ1) is 16.4. The van der Waals surface area contributed by atoms with Crippen molar-refractivity contribution in [2.24, 2.45) is 0 Å². The average Bonchev–Trinajstić information content (AvgIpc) is 3.05. The van der Waals surface area contributed by atoms with Crippen molar-refractivity contribution in [3.8, 4) is 0 Å². The summed E-state index contributed by atoms with van der Waals surface area (Å²) in [5.41, 5.74) is 0.688. The molecule has 0 aliphatic carbocycles. The Balaban J connectivity index is 1.40. The first-order valence-corrected chi connectivity index (χ1v) is 13.1. The van der Waals surface area contributed by atoms with Gasteiger partial charge in [-0.3, -0.25) is 34.2 Å². The molecular weight excluding hydrogens is 456 g/mol. The van der Waals surface area contributed by atoms with E-state index in [1.54, 1.807) is 23.9 Å². The third kappa shape index (κ3) is 6.68. The number of carboxylic acid groups (broad SMARTS) is 1. The number of nitrogens with one attached hydrogen (secondary N) is 1. The smallest absolute Gasteiger partial charge is 0.303 e. The number of carboxylic acids is 1. The minimum Gasteiger partial charge on any atom is -0.481 e. The van der Waals surface area contributed by atoms with Gasteiger partial charge in [-0.1, -0.05) is 51.0 Å². The van der Waals surface area contributed by atoms with Gasteiger partial charge in [0.2, 0.25) is 11.8 Å². The monoisotopic (exact) mass is 488 g/mol. The second kappa shape index (κ2) is 12.7. The fourth-order valence-electron chi connectivity index (χ4n) is 4.40. The van der Waals surface area contributed by atoms with E-state index in [9.17, 15) is 24.0 Å². The standard InChI is InChI=1S/C25H32N2O6S/c28-20-15-14-18(23(31)26-20)27-24(32)17-11-10-12-19(22(17)25(27)33)34-16-9-7-5-3-1-2-4-6-8-13-21(29)30/h10-12,18H,1-9,13-16H2,(H,29,30)(H,26,28,31). The van der Waals surface area contributed by atoms with Crippen molar-refractivity contribution < 1.29 is 29.1 Å². The molecule has 1 atom stereocenters. The average molecular weight is 489 g/mol. The molecule has 9 heteroatoms. The topological polar surface area (TPSA) is 121 Å². The zero-order valence-electron chi connectivity index (χ0n) is 19.3. The second-order valence-electron chi connectivity index (χ2n) is 8.80. The van der Waals surface area contributed by atoms with Gasteiger partial charge in [0.1, 0.15) is 6.04 Å². The fraction of sp³-hybridized carbons (Fsp3) is 0.560. The van der Waals surface area contributed by atoms with E-state index in [4.69, 9.17) is 5.11 Å². The van der Waals surface area contributed by atoms with Crippen LogP contribution in [0.5, 0.6) is 0 Å². The lowest BCUT2D eigenvalue weighted by atomic mass is 10.0. The van der Waals surface area contributed by atoms with Gasteiger partial charge in [0, 0.05) is 17.7 Å². The maximum Gasteiger partial charge on any atom is 0.303 e. The van der Waals surface area contributed by atoms with Crippen molar-refractivity contribution in [1.82, 2.24) is 10.2 Å². The number of carbonyl (C=O) groups is 5. The summed E-state index contributed by atoms with van der Waals surface area (Å²) >= 11 is 1.56. The Hall–Kier alpha value is -2.68. The molecule has 1 unspecified atom stereocenters. The molecule has 0 aromatic heterocycles. The molecule has 0 bridgehead atoms. The van der Waals surface area contributed by atoms with Crippen molar-refractivity contribution >= 4 is 41.4 Å². The molecule has 2 aliphatic rings. The van der Waals surface area contributed by atoms with E-state index in [-0.39, 0.29) is 25.2 Å². The summed E-state index contributed by atoms with van der Waals surface area (Å²) in [4.78, 5) is 61.9. The maximum absolute atomic E-state index is 13.1. The minimum atomic E-state index is -0.944. The Morgan fingerprint density at radius 3 is 2.24 bits per heavy atom. The van der Waals surface area contributed by atoms with Crippen LogP contribution in [0, 0.1) is 0 Å². The van der Waals surface area contributed by atoms with Crippen LogP contribution >= 0.6 is 11.8 Å². The largest absolute Gasteiger partial charge is 0.481 e. The molecule has 2 aliphatic heterocycles. The second-order valence-corrected chi connectivity index (χ2v) is 9.94. The van der Waals surface area contributed by atoms with E-state index in [1.807, 2.05) is 6.07 Å². The lowest BCUT2D eigenvalue weighted by molar-refractivity contribution is -0.138. The summed E-state index contributed by atoms with van der Waals surface area (Å²) in [5, 5.41) is 10.8. The van der Waals surface area contributed by atoms with E-state index in [1.165, 1.54) is 6.42 Å². The quantitative estimate of drug-likeness (QED) is 0.229. The first-order valence-electron chi connectivity index (χ1n) is 12.1. The van der Waals surface area contributed by atoms with E-state index >= 15 is 0 Å². The molecule has 2 heterocycles. The molecule has 2 N–H and O–H groups in total. The zero-order valence-corrected chi connectivity index (χ0v) is 20.2. The maximum atomic E-state index is 13.1. The summed E-state index contributed by atoms with van der Waals surface area (Å²) in [6.45, 7) is 0. The number of aliphatic carboxylic acids is 1. The molecule has 3 rings (SSSR count). The summed E-state index contributed by atoms with van der Waals surface area (Å²) in [7, 11) is 0. The number of nitrogens with zero attached hydrogens (tertiary/aromatic N) is 1. The van der Waals surface area contributed by atoms with Crippen molar-refractivity contribution in [3.63, 3.8) is 0 Å². The molecule has 1 saturated heterocycles. The minimum absolute atomic E-state index is 0.107. The fourth-order valence-corrected chi connectivity index (χ4v) is 5.49. The highest BCUT2D eigenvalue weighted by Crippen LogP contribution is 2.34. The van der Waals surface area contributed by atoms with Gasteiger partial charge in [-0.2, -0.15) is 0 Å². The van der Waals surface area contributed by atoms with Crippen LogP contribution in [0.1, 0.15) is 97.8 Å². The van der Waals surface area contributed by atoms with Gasteiger partial charge >= 0.3 is 5.97 Å². The van der Waals surface area contributed by atoms with Crippen LogP contribution in [0.3, 0.4) is 0 Å². The molecule has 0 saturated carbocycles. The Morgan fingerprint density at radius 1 is 0.941 bits per heavy atom. The Kier molecular flexibility index (Phi) is 9.68. The number of carbonyl (C=O) groups excluding carboxylic acids is 4. The molecule has 0 spiro atoms. The third-order valence-corrected chi connectivity index (χ3v) is 7.37. The van der Waals surface area contributed by atoms with Crippen molar-refractivity contribution in [3.05, 3.63) is 29.3 Å². The van der Waals surface area contributed by atoms with Crippen LogP contribution in [0.25, 0.3) is 0 Å². The number of thioether (sulfide) groups is 1. The first kappa shape index (κ1) is 25.9. The lowest BCUT2D eigenvalue weighted by Gasteiger charge is -2.27. The number of rotatable bonds is 14. The van der Waals surface area contributed by atoms with E-state index in [2.05, 4.69) is 5.32 Å². The molecule has 184 valence electrons. The summed E-state index contributed by atoms with van der Waals surface area (Å²) in [6.07, 6.45) is 10.1. The van der Waals surface area contributed by atoms with Crippen molar-refractivity contribution in [2.45, 2.75) is 88.0 Å². The Morgan fingerprint density at radius 2 is 1.59 bits per heavy atom. The SMILES string of the molecule is O=C(O)CCCCCCCCCCCSc1cccc2c1C(=O)N(C1CCC(=O)NC1=O)C2=O. The highest BCUT2D eigenvalue weighted by atomic mass is 32.2. The van der Waals surface area contributed by atoms with Crippen LogP contribution in [0.15, 0.2) is 23.1 Å². The Bertz CT molecular complexity index is 947. The number of unbranched alkanes of at least 4 members (excludes halogenated alkanes) is 8. The van der Waals surface area contributed by atoms with Crippen molar-refractivity contribution in [1.29, 1.82) is 0 Å². The predicted octanol–water partition coefficient (Wildman–Crippen LogP) is 4.17. The summed E-state index contributed by atoms with van der Waals surface area (Å²) in [6, 6.07) is 4.27. The van der Waals surface area contributed by atoms with E-state index < -0.39 is 29.7 Å². The van der Waals surface area contributed by atoms with Crippen molar-refractivity contribution in [2.75, 3.05) is 5.75 Å². The van der Waals surface area contributed by atoms with Crippen LogP contribution in [0.2, 0.25) is 0 Å². The normalized spacial score (nSPS) is 17.8. The molecule has 8 nitrogen and oxygen atoms in total. The number of fused-ring (bicyclic) bond motifs is 1. The van der Waals surface area contributed by atoms with E-state index in [0.29, 0.717) is 11.1 Å². The van der Waals surface area contributed by atoms with Gasteiger partial charge < -0.3 is 5.11 Å². The number of amides is 4. The van der Waals surface area contributed by atoms with Crippen LogP contribution in [-0.2, 0) is 14.4 Å². The van der Waals surface area contributed by atoms with Crippen LogP contribution in [0.4, 0.5) is 0 Å². The molecular formula is C25H32N2O6S. The summed E-state index contributed by atoms with van der Waals surface area (Å²) < 4.78 is 0. The third-order valence-electron chi connectivity index (χ3n) is 6.22. The van der Waals surface area contributed by atoms with Gasteiger partial charge in [0.25, 0.3) is 11.8 Å². The lowest BCUT2D eigenvalue weighted by Crippen LogP contribution is -2.54. The molecule has 1 aromatic carbocycles. The number of hydrogen-bond donors (Lipinski definition) is 2. The number of benzene rings is 1. The van der Waals surface area contributed by atoms with Gasteiger partial charge in [-0.05, 0) is 37.1 Å². The zero-order chi connectivity index (χ0) is 24.5. The molecule has 4 amide bonds. The molecule has 34 heavy (non-hydrogen) atoms. The Labute approximate surface area is 203 Å². The summed E-state index contributed by atoms with van der Waals surface area (Å²) in [5.74, 6) is -1.79.